The number of likely N-dealkylation sites (tertiary alicyclic amines) is 1. The number of fused-ring (bicyclic) bond motifs is 1. The second-order valence-corrected chi connectivity index (χ2v) is 6.42. The van der Waals surface area contributed by atoms with Gasteiger partial charge in [0.25, 0.3) is 5.91 Å². The first-order chi connectivity index (χ1) is 9.99. The molecular formula is C14H17N3O3S. The van der Waals surface area contributed by atoms with Crippen LogP contribution in [0.15, 0.2) is 6.07 Å². The molecule has 2 aromatic rings. The Kier molecular flexibility index (Phi) is 3.44. The van der Waals surface area contributed by atoms with Crippen molar-refractivity contribution in [2.75, 3.05) is 6.54 Å². The van der Waals surface area contributed by atoms with Crippen LogP contribution in [-0.4, -0.2) is 44.3 Å². The van der Waals surface area contributed by atoms with Crippen LogP contribution in [0.2, 0.25) is 0 Å². The zero-order valence-electron chi connectivity index (χ0n) is 12.0. The van der Waals surface area contributed by atoms with Crippen molar-refractivity contribution in [3.05, 3.63) is 16.6 Å². The molecule has 0 saturated carbocycles. The van der Waals surface area contributed by atoms with Crippen molar-refractivity contribution in [2.24, 2.45) is 7.05 Å². The van der Waals surface area contributed by atoms with E-state index in [0.717, 1.165) is 28.8 Å². The van der Waals surface area contributed by atoms with Crippen molar-refractivity contribution in [1.29, 1.82) is 0 Å². The molecule has 1 saturated heterocycles. The molecule has 21 heavy (non-hydrogen) atoms. The molecule has 0 aliphatic carbocycles. The van der Waals surface area contributed by atoms with Crippen molar-refractivity contribution in [2.45, 2.75) is 32.2 Å². The monoisotopic (exact) mass is 307 g/mol. The molecule has 3 rings (SSSR count). The third-order valence-corrected chi connectivity index (χ3v) is 5.15. The fourth-order valence-electron chi connectivity index (χ4n) is 2.88. The fraction of sp³-hybridized carbons (Fsp3) is 0.500. The number of carbonyl (C=O) groups excluding carboxylic acids is 1. The Morgan fingerprint density at radius 1 is 1.43 bits per heavy atom. The summed E-state index contributed by atoms with van der Waals surface area (Å²) in [5.74, 6) is -1.09. The number of nitrogens with zero attached hydrogens (tertiary/aromatic N) is 3. The maximum atomic E-state index is 12.6. The zero-order valence-corrected chi connectivity index (χ0v) is 12.8. The molecule has 112 valence electrons. The lowest BCUT2D eigenvalue weighted by Gasteiger charge is -2.32. The summed E-state index contributed by atoms with van der Waals surface area (Å²) >= 11 is 1.38. The van der Waals surface area contributed by atoms with Crippen LogP contribution < -0.4 is 0 Å². The minimum absolute atomic E-state index is 0.178. The number of aliphatic carboxylic acids is 1. The number of aromatic nitrogens is 2. The number of thiophene rings is 1. The van der Waals surface area contributed by atoms with E-state index < -0.39 is 12.0 Å². The third kappa shape index (κ3) is 2.31. The van der Waals surface area contributed by atoms with Gasteiger partial charge in [0.1, 0.15) is 10.9 Å². The van der Waals surface area contributed by atoms with Gasteiger partial charge in [-0.25, -0.2) is 4.79 Å². The van der Waals surface area contributed by atoms with Gasteiger partial charge in [0.05, 0.1) is 10.6 Å². The molecule has 7 heteroatoms. The maximum Gasteiger partial charge on any atom is 0.326 e. The Bertz CT molecular complexity index is 684. The number of hydrogen-bond donors (Lipinski definition) is 1. The molecule has 6 nitrogen and oxygen atoms in total. The molecule has 1 amide bonds. The molecule has 0 aromatic carbocycles. The number of hydrogen-bond acceptors (Lipinski definition) is 4. The van der Waals surface area contributed by atoms with Crippen molar-refractivity contribution in [1.82, 2.24) is 14.7 Å². The molecule has 1 atom stereocenters. The summed E-state index contributed by atoms with van der Waals surface area (Å²) in [6, 6.07) is 1.13. The molecule has 0 spiro atoms. The normalized spacial score (nSPS) is 19.1. The van der Waals surface area contributed by atoms with Gasteiger partial charge in [0, 0.05) is 19.0 Å². The van der Waals surface area contributed by atoms with Gasteiger partial charge in [0.2, 0.25) is 0 Å². The van der Waals surface area contributed by atoms with E-state index in [-0.39, 0.29) is 5.91 Å². The lowest BCUT2D eigenvalue weighted by Crippen LogP contribution is -2.47. The number of aryl methyl sites for hydroxylation is 2. The first kappa shape index (κ1) is 14.1. The van der Waals surface area contributed by atoms with Crippen molar-refractivity contribution < 1.29 is 14.7 Å². The molecule has 1 fully saturated rings. The molecule has 3 heterocycles. The zero-order chi connectivity index (χ0) is 15.1. The standard InChI is InChI=1S/C14H17N3O3S/c1-8-9-7-11(21-13(9)16(2)15-8)12(18)17-6-4-3-5-10(17)14(19)20/h7,10H,3-6H2,1-2H3,(H,19,20)/t10-/m1/s1. The minimum Gasteiger partial charge on any atom is -0.480 e. The van der Waals surface area contributed by atoms with E-state index in [0.29, 0.717) is 17.8 Å². The highest BCUT2D eigenvalue weighted by Gasteiger charge is 2.33. The summed E-state index contributed by atoms with van der Waals surface area (Å²) in [5.41, 5.74) is 0.885. The largest absolute Gasteiger partial charge is 0.480 e. The van der Waals surface area contributed by atoms with Gasteiger partial charge in [-0.1, -0.05) is 0 Å². The van der Waals surface area contributed by atoms with Crippen LogP contribution in [0.3, 0.4) is 0 Å². The Balaban J connectivity index is 1.95. The second kappa shape index (κ2) is 5.14. The first-order valence-electron chi connectivity index (χ1n) is 6.96. The highest BCUT2D eigenvalue weighted by Crippen LogP contribution is 2.30. The van der Waals surface area contributed by atoms with Gasteiger partial charge in [-0.3, -0.25) is 9.48 Å². The van der Waals surface area contributed by atoms with E-state index in [1.165, 1.54) is 16.2 Å². The number of carboxylic acids is 1. The average molecular weight is 307 g/mol. The van der Waals surface area contributed by atoms with E-state index in [4.69, 9.17) is 0 Å². The Hall–Kier alpha value is -1.89. The van der Waals surface area contributed by atoms with Gasteiger partial charge in [-0.05, 0) is 32.3 Å². The predicted molar refractivity (Wildman–Crippen MR) is 79.6 cm³/mol. The summed E-state index contributed by atoms with van der Waals surface area (Å²) in [5, 5.41) is 14.6. The minimum atomic E-state index is -0.915. The second-order valence-electron chi connectivity index (χ2n) is 5.39. The Morgan fingerprint density at radius 2 is 2.19 bits per heavy atom. The molecule has 0 bridgehead atoms. The highest BCUT2D eigenvalue weighted by molar-refractivity contribution is 7.20. The lowest BCUT2D eigenvalue weighted by atomic mass is 10.0. The number of carboxylic acid groups (broad SMARTS) is 1. The van der Waals surface area contributed by atoms with E-state index >= 15 is 0 Å². The van der Waals surface area contributed by atoms with Crippen LogP contribution in [0.4, 0.5) is 0 Å². The molecular weight excluding hydrogens is 290 g/mol. The van der Waals surface area contributed by atoms with Gasteiger partial charge < -0.3 is 10.0 Å². The SMILES string of the molecule is Cc1nn(C)c2sc(C(=O)N3CCCC[C@@H]3C(=O)O)cc12. The molecule has 0 radical (unpaired) electrons. The first-order valence-corrected chi connectivity index (χ1v) is 7.77. The number of carbonyl (C=O) groups is 2. The Morgan fingerprint density at radius 3 is 2.86 bits per heavy atom. The lowest BCUT2D eigenvalue weighted by molar-refractivity contribution is -0.143. The molecule has 1 aliphatic heterocycles. The maximum absolute atomic E-state index is 12.6. The van der Waals surface area contributed by atoms with Crippen LogP contribution >= 0.6 is 11.3 Å². The van der Waals surface area contributed by atoms with Gasteiger partial charge in [0.15, 0.2) is 0 Å². The topological polar surface area (TPSA) is 75.4 Å². The van der Waals surface area contributed by atoms with Crippen molar-refractivity contribution in [3.8, 4) is 0 Å². The summed E-state index contributed by atoms with van der Waals surface area (Å²) in [6.07, 6.45) is 2.25. The van der Waals surface area contributed by atoms with Gasteiger partial charge in [-0.2, -0.15) is 5.10 Å². The highest BCUT2D eigenvalue weighted by atomic mass is 32.1. The van der Waals surface area contributed by atoms with Crippen LogP contribution in [0.25, 0.3) is 10.2 Å². The van der Waals surface area contributed by atoms with Crippen LogP contribution in [-0.2, 0) is 11.8 Å². The van der Waals surface area contributed by atoms with Gasteiger partial charge >= 0.3 is 5.97 Å². The molecule has 0 unspecified atom stereocenters. The summed E-state index contributed by atoms with van der Waals surface area (Å²) in [7, 11) is 1.85. The van der Waals surface area contributed by atoms with E-state index in [1.807, 2.05) is 20.0 Å². The quantitative estimate of drug-likeness (QED) is 0.921. The van der Waals surface area contributed by atoms with Crippen LogP contribution in [0, 0.1) is 6.92 Å². The molecule has 1 aliphatic rings. The smallest absolute Gasteiger partial charge is 0.326 e. The summed E-state index contributed by atoms with van der Waals surface area (Å²) in [4.78, 5) is 27.0. The predicted octanol–water partition coefficient (Wildman–Crippen LogP) is 2.02. The van der Waals surface area contributed by atoms with Crippen molar-refractivity contribution >= 4 is 33.4 Å². The van der Waals surface area contributed by atoms with Crippen LogP contribution in [0.1, 0.15) is 34.6 Å². The van der Waals surface area contributed by atoms with Gasteiger partial charge in [-0.15, -0.1) is 11.3 Å². The fourth-order valence-corrected chi connectivity index (χ4v) is 3.96. The van der Waals surface area contributed by atoms with E-state index in [9.17, 15) is 14.7 Å². The Labute approximate surface area is 126 Å². The van der Waals surface area contributed by atoms with Crippen LogP contribution in [0.5, 0.6) is 0 Å². The molecule has 1 N–H and O–H groups in total. The van der Waals surface area contributed by atoms with E-state index in [1.54, 1.807) is 4.68 Å². The number of rotatable bonds is 2. The summed E-state index contributed by atoms with van der Waals surface area (Å²) < 4.78 is 1.76. The average Bonchev–Trinajstić information content (AvgIpc) is 3.01. The third-order valence-electron chi connectivity index (χ3n) is 3.96. The summed E-state index contributed by atoms with van der Waals surface area (Å²) in [6.45, 7) is 2.42. The number of piperidine rings is 1. The van der Waals surface area contributed by atoms with Crippen molar-refractivity contribution in [3.63, 3.8) is 0 Å². The number of amides is 1. The van der Waals surface area contributed by atoms with E-state index in [2.05, 4.69) is 5.10 Å². The molecule has 2 aromatic heterocycles.